The van der Waals surface area contributed by atoms with Gasteiger partial charge in [0, 0.05) is 16.5 Å². The molecule has 0 unspecified atom stereocenters. The average molecular weight is 756 g/mol. The summed E-state index contributed by atoms with van der Waals surface area (Å²) < 4.78 is 2.40. The number of allylic oxidation sites excluding steroid dienone is 1. The molecule has 0 fully saturated rings. The van der Waals surface area contributed by atoms with Crippen molar-refractivity contribution in [3.05, 3.63) is 216 Å². The van der Waals surface area contributed by atoms with Crippen LogP contribution in [-0.2, 0) is 0 Å². The van der Waals surface area contributed by atoms with Crippen molar-refractivity contribution in [2.75, 3.05) is 0 Å². The summed E-state index contributed by atoms with van der Waals surface area (Å²) in [7, 11) is 0. The minimum absolute atomic E-state index is 0.459. The Morgan fingerprint density at radius 3 is 1.57 bits per heavy atom. The first kappa shape index (κ1) is 41.2. The van der Waals surface area contributed by atoms with Gasteiger partial charge < -0.3 is 4.57 Å². The summed E-state index contributed by atoms with van der Waals surface area (Å²) in [6.45, 7) is 17.0. The van der Waals surface area contributed by atoms with Crippen LogP contribution in [0.1, 0.15) is 68.4 Å². The molecule has 8 aromatic carbocycles. The van der Waals surface area contributed by atoms with E-state index in [4.69, 9.17) is 0 Å². The molecule has 1 nitrogen and oxygen atoms in total. The van der Waals surface area contributed by atoms with E-state index in [-0.39, 0.29) is 0 Å². The summed E-state index contributed by atoms with van der Waals surface area (Å²) >= 11 is 0. The predicted octanol–water partition coefficient (Wildman–Crippen LogP) is 16.8. The zero-order chi connectivity index (χ0) is 41.0. The second-order valence-electron chi connectivity index (χ2n) is 14.9. The fourth-order valence-corrected chi connectivity index (χ4v) is 7.47. The number of benzene rings is 8. The number of hydrogen-bond acceptors (Lipinski definition) is 0. The molecule has 1 heterocycles. The molecule has 0 bridgehead atoms. The zero-order valence-corrected chi connectivity index (χ0v) is 35.5. The Morgan fingerprint density at radius 1 is 0.448 bits per heavy atom. The van der Waals surface area contributed by atoms with Gasteiger partial charge in [-0.15, -0.1) is 0 Å². The highest BCUT2D eigenvalue weighted by Gasteiger charge is 2.17. The lowest BCUT2D eigenvalue weighted by atomic mass is 9.94. The standard InChI is InChI=1S/C31H29N.C13H12.C11H10.C2H6/c1-5-9-25-19-31-29(20-27(25)21(2)3)28-18-24(23-14-12-22(4)13-15-23)16-17-30(28)32(31)26-10-7-6-8-11-26;1-11-7-9-13(10-8-11)12-5-3-2-4-6-12;1-9-5-4-7-10-6-2-3-8-11(9)10;1-2/h5-21H,1-4H3;2-10H,1H3;2-8H,1H3;1-2H3/b9-5-;;;. The highest BCUT2D eigenvalue weighted by Crippen LogP contribution is 2.38. The monoisotopic (exact) mass is 755 g/mol. The highest BCUT2D eigenvalue weighted by molar-refractivity contribution is 6.11. The van der Waals surface area contributed by atoms with Crippen LogP contribution in [-0.4, -0.2) is 4.57 Å². The molecule has 58 heavy (non-hydrogen) atoms. The van der Waals surface area contributed by atoms with Crippen LogP contribution in [0.2, 0.25) is 0 Å². The normalized spacial score (nSPS) is 10.8. The van der Waals surface area contributed by atoms with Crippen LogP contribution in [0, 0.1) is 20.8 Å². The second kappa shape index (κ2) is 19.6. The molecule has 1 heteroatoms. The van der Waals surface area contributed by atoms with Crippen molar-refractivity contribution < 1.29 is 0 Å². The molecular formula is C57H57N. The summed E-state index contributed by atoms with van der Waals surface area (Å²) in [6, 6.07) is 65.0. The molecule has 290 valence electrons. The van der Waals surface area contributed by atoms with Crippen LogP contribution in [0.15, 0.2) is 188 Å². The smallest absolute Gasteiger partial charge is 0.0547 e. The van der Waals surface area contributed by atoms with Gasteiger partial charge in [-0.1, -0.05) is 197 Å². The van der Waals surface area contributed by atoms with E-state index in [2.05, 4.69) is 234 Å². The lowest BCUT2D eigenvalue weighted by Gasteiger charge is -2.13. The van der Waals surface area contributed by atoms with Crippen molar-refractivity contribution in [3.8, 4) is 27.9 Å². The Balaban J connectivity index is 0.000000177. The van der Waals surface area contributed by atoms with Crippen molar-refractivity contribution in [2.24, 2.45) is 0 Å². The Labute approximate surface area is 347 Å². The number of rotatable bonds is 5. The van der Waals surface area contributed by atoms with E-state index in [1.165, 1.54) is 88.3 Å². The zero-order valence-electron chi connectivity index (χ0n) is 35.5. The number of para-hydroxylation sites is 1. The van der Waals surface area contributed by atoms with Crippen LogP contribution in [0.3, 0.4) is 0 Å². The van der Waals surface area contributed by atoms with Gasteiger partial charge in [-0.25, -0.2) is 0 Å². The summed E-state index contributed by atoms with van der Waals surface area (Å²) in [5.41, 5.74) is 15.4. The molecular weight excluding hydrogens is 699 g/mol. The third-order valence-electron chi connectivity index (χ3n) is 10.5. The van der Waals surface area contributed by atoms with Crippen molar-refractivity contribution >= 4 is 38.7 Å². The van der Waals surface area contributed by atoms with Gasteiger partial charge in [0.1, 0.15) is 0 Å². The fourth-order valence-electron chi connectivity index (χ4n) is 7.47. The number of aryl methyl sites for hydroxylation is 3. The number of hydrogen-bond donors (Lipinski definition) is 0. The Morgan fingerprint density at radius 2 is 0.966 bits per heavy atom. The molecule has 9 aromatic rings. The second-order valence-corrected chi connectivity index (χ2v) is 14.9. The van der Waals surface area contributed by atoms with Gasteiger partial charge in [-0.3, -0.25) is 0 Å². The van der Waals surface area contributed by atoms with Crippen LogP contribution in [0.25, 0.3) is 66.6 Å². The molecule has 0 spiro atoms. The first-order valence-corrected chi connectivity index (χ1v) is 20.7. The van der Waals surface area contributed by atoms with Crippen molar-refractivity contribution in [3.63, 3.8) is 0 Å². The Hall–Kier alpha value is -6.44. The fraction of sp³-hybridized carbons (Fsp3) is 0.158. The maximum absolute atomic E-state index is 2.41. The van der Waals surface area contributed by atoms with Gasteiger partial charge in [-0.05, 0) is 120 Å². The third kappa shape index (κ3) is 9.56. The number of aromatic nitrogens is 1. The van der Waals surface area contributed by atoms with Crippen molar-refractivity contribution in [2.45, 2.75) is 61.3 Å². The molecule has 0 amide bonds. The number of fused-ring (bicyclic) bond motifs is 4. The van der Waals surface area contributed by atoms with E-state index in [0.717, 1.165) is 0 Å². The third-order valence-corrected chi connectivity index (χ3v) is 10.5. The molecule has 0 atom stereocenters. The van der Waals surface area contributed by atoms with Crippen LogP contribution in [0.5, 0.6) is 0 Å². The predicted molar refractivity (Wildman–Crippen MR) is 256 cm³/mol. The lowest BCUT2D eigenvalue weighted by Crippen LogP contribution is -1.96. The maximum Gasteiger partial charge on any atom is 0.0547 e. The molecule has 0 saturated carbocycles. The SMILES string of the molecule is C/C=C\c1cc2c(cc1C(C)C)c1cc(-c3ccc(C)cc3)ccc1n2-c1ccccc1.CC.Cc1ccc(-c2ccccc2)cc1.Cc1cccc2ccccc12. The van der Waals surface area contributed by atoms with Crippen LogP contribution in [0.4, 0.5) is 0 Å². The van der Waals surface area contributed by atoms with Crippen molar-refractivity contribution in [1.29, 1.82) is 0 Å². The van der Waals surface area contributed by atoms with E-state index < -0.39 is 0 Å². The topological polar surface area (TPSA) is 4.93 Å². The molecule has 0 aliphatic carbocycles. The highest BCUT2D eigenvalue weighted by atomic mass is 15.0. The maximum atomic E-state index is 2.41. The van der Waals surface area contributed by atoms with E-state index in [1.54, 1.807) is 0 Å². The first-order chi connectivity index (χ1) is 28.3. The largest absolute Gasteiger partial charge is 0.309 e. The number of nitrogens with zero attached hydrogens (tertiary/aromatic N) is 1. The minimum Gasteiger partial charge on any atom is -0.309 e. The van der Waals surface area contributed by atoms with Crippen molar-refractivity contribution in [1.82, 2.24) is 4.57 Å². The van der Waals surface area contributed by atoms with Crippen LogP contribution < -0.4 is 0 Å². The van der Waals surface area contributed by atoms with Gasteiger partial charge in [0.2, 0.25) is 0 Å². The molecule has 1 aromatic heterocycles. The summed E-state index contributed by atoms with van der Waals surface area (Å²) in [5.74, 6) is 0.459. The Kier molecular flexibility index (Phi) is 13.9. The van der Waals surface area contributed by atoms with E-state index in [0.29, 0.717) is 5.92 Å². The van der Waals surface area contributed by atoms with Gasteiger partial charge >= 0.3 is 0 Å². The minimum atomic E-state index is 0.459. The molecule has 0 aliphatic heterocycles. The molecule has 0 radical (unpaired) electrons. The quantitative estimate of drug-likeness (QED) is 0.165. The van der Waals surface area contributed by atoms with Gasteiger partial charge in [0.25, 0.3) is 0 Å². The summed E-state index contributed by atoms with van der Waals surface area (Å²) in [6.07, 6.45) is 4.37. The Bertz CT molecular complexity index is 2710. The lowest BCUT2D eigenvalue weighted by molar-refractivity contribution is 0.866. The molecule has 0 saturated heterocycles. The summed E-state index contributed by atoms with van der Waals surface area (Å²) in [4.78, 5) is 0. The van der Waals surface area contributed by atoms with E-state index in [1.807, 2.05) is 19.9 Å². The van der Waals surface area contributed by atoms with Crippen LogP contribution >= 0.6 is 0 Å². The average Bonchev–Trinajstić information content (AvgIpc) is 3.58. The van der Waals surface area contributed by atoms with Gasteiger partial charge in [0.15, 0.2) is 0 Å². The van der Waals surface area contributed by atoms with E-state index in [9.17, 15) is 0 Å². The van der Waals surface area contributed by atoms with Gasteiger partial charge in [-0.2, -0.15) is 0 Å². The van der Waals surface area contributed by atoms with Gasteiger partial charge in [0.05, 0.1) is 11.0 Å². The van der Waals surface area contributed by atoms with E-state index >= 15 is 0 Å². The molecule has 9 rings (SSSR count). The molecule has 0 N–H and O–H groups in total. The summed E-state index contributed by atoms with van der Waals surface area (Å²) in [5, 5.41) is 5.30. The molecule has 0 aliphatic rings. The first-order valence-electron chi connectivity index (χ1n) is 20.7.